The quantitative estimate of drug-likeness (QED) is 0.461. The predicted molar refractivity (Wildman–Crippen MR) is 108 cm³/mol. The second kappa shape index (κ2) is 9.80. The van der Waals surface area contributed by atoms with E-state index < -0.39 is 0 Å². The van der Waals surface area contributed by atoms with Crippen LogP contribution < -0.4 is 15.1 Å². The lowest BCUT2D eigenvalue weighted by molar-refractivity contribution is -1.01. The van der Waals surface area contributed by atoms with Gasteiger partial charge >= 0.3 is 0 Å². The van der Waals surface area contributed by atoms with E-state index in [4.69, 9.17) is 16.7 Å². The molecule has 4 N–H and O–H groups in total. The second-order valence-corrected chi connectivity index (χ2v) is 7.52. The van der Waals surface area contributed by atoms with Gasteiger partial charge in [0.15, 0.2) is 12.3 Å². The van der Waals surface area contributed by atoms with E-state index in [1.54, 1.807) is 42.5 Å². The van der Waals surface area contributed by atoms with Crippen molar-refractivity contribution in [1.29, 1.82) is 0 Å². The fraction of sp³-hybridized carbons (Fsp3) is 0.333. The number of ketones is 1. The van der Waals surface area contributed by atoms with Crippen LogP contribution in [0.3, 0.4) is 0 Å². The first-order chi connectivity index (χ1) is 13.6. The molecule has 1 heterocycles. The van der Waals surface area contributed by atoms with Crippen LogP contribution in [0, 0.1) is 0 Å². The number of quaternary nitrogens is 2. The van der Waals surface area contributed by atoms with E-state index >= 15 is 0 Å². The minimum atomic E-state index is -0.174. The molecule has 0 saturated carbocycles. The molecular formula is C21H26ClN3O3+2. The summed E-state index contributed by atoms with van der Waals surface area (Å²) in [5, 5.41) is 12.4. The van der Waals surface area contributed by atoms with Crippen molar-refractivity contribution in [2.75, 3.05) is 51.2 Å². The second-order valence-electron chi connectivity index (χ2n) is 7.08. The molecule has 1 saturated heterocycles. The highest BCUT2D eigenvalue weighted by molar-refractivity contribution is 6.31. The summed E-state index contributed by atoms with van der Waals surface area (Å²) in [6, 6.07) is 13.9. The number of amides is 1. The van der Waals surface area contributed by atoms with Gasteiger partial charge in [0.1, 0.15) is 32.7 Å². The van der Waals surface area contributed by atoms with Crippen LogP contribution in [0.25, 0.3) is 0 Å². The minimum Gasteiger partial charge on any atom is -0.391 e. The molecule has 28 heavy (non-hydrogen) atoms. The highest BCUT2D eigenvalue weighted by Gasteiger charge is 2.25. The van der Waals surface area contributed by atoms with Gasteiger partial charge in [0.25, 0.3) is 5.91 Å². The van der Waals surface area contributed by atoms with Crippen molar-refractivity contribution in [2.24, 2.45) is 0 Å². The SMILES string of the molecule is O=C(C[NH+]1CC[NH+](CCO)CC1)Nc1ccc(Cl)cc1C(=O)c1ccccc1. The summed E-state index contributed by atoms with van der Waals surface area (Å²) >= 11 is 6.09. The molecule has 2 aromatic rings. The number of piperazine rings is 1. The first kappa shape index (κ1) is 20.5. The number of hydrogen-bond donors (Lipinski definition) is 4. The number of halogens is 1. The van der Waals surface area contributed by atoms with E-state index in [1.165, 1.54) is 9.80 Å². The molecule has 148 valence electrons. The highest BCUT2D eigenvalue weighted by atomic mass is 35.5. The van der Waals surface area contributed by atoms with Crippen molar-refractivity contribution in [3.63, 3.8) is 0 Å². The minimum absolute atomic E-state index is 0.120. The fourth-order valence-corrected chi connectivity index (χ4v) is 3.69. The van der Waals surface area contributed by atoms with Crippen LogP contribution in [0.5, 0.6) is 0 Å². The summed E-state index contributed by atoms with van der Waals surface area (Å²) in [6.45, 7) is 4.98. The van der Waals surface area contributed by atoms with E-state index in [0.717, 1.165) is 32.7 Å². The number of nitrogens with one attached hydrogen (secondary N) is 3. The summed E-state index contributed by atoms with van der Waals surface area (Å²) in [4.78, 5) is 28.0. The van der Waals surface area contributed by atoms with Crippen LogP contribution in [0.15, 0.2) is 48.5 Å². The van der Waals surface area contributed by atoms with Crippen LogP contribution in [0.1, 0.15) is 15.9 Å². The normalized spacial score (nSPS) is 19.2. The first-order valence-electron chi connectivity index (χ1n) is 9.54. The summed E-state index contributed by atoms with van der Waals surface area (Å²) in [5.74, 6) is -0.294. The van der Waals surface area contributed by atoms with Crippen LogP contribution in [-0.4, -0.2) is 62.7 Å². The van der Waals surface area contributed by atoms with Crippen molar-refractivity contribution in [3.8, 4) is 0 Å². The van der Waals surface area contributed by atoms with Crippen molar-refractivity contribution in [2.45, 2.75) is 0 Å². The Morgan fingerprint density at radius 2 is 1.68 bits per heavy atom. The van der Waals surface area contributed by atoms with Gasteiger partial charge in [0, 0.05) is 16.1 Å². The molecule has 3 rings (SSSR count). The number of anilines is 1. The molecule has 0 aliphatic carbocycles. The summed E-state index contributed by atoms with van der Waals surface area (Å²) < 4.78 is 0. The van der Waals surface area contributed by atoms with E-state index in [9.17, 15) is 9.59 Å². The van der Waals surface area contributed by atoms with Crippen LogP contribution in [-0.2, 0) is 4.79 Å². The van der Waals surface area contributed by atoms with Crippen molar-refractivity contribution in [1.82, 2.24) is 0 Å². The maximum Gasteiger partial charge on any atom is 0.279 e. The molecular weight excluding hydrogens is 378 g/mol. The number of aliphatic hydroxyl groups excluding tert-OH is 1. The molecule has 1 aliphatic rings. The van der Waals surface area contributed by atoms with Gasteiger partial charge in [-0.05, 0) is 18.2 Å². The summed E-state index contributed by atoms with van der Waals surface area (Å²) in [7, 11) is 0. The zero-order valence-corrected chi connectivity index (χ0v) is 16.5. The van der Waals surface area contributed by atoms with Gasteiger partial charge in [-0.2, -0.15) is 0 Å². The Morgan fingerprint density at radius 3 is 2.36 bits per heavy atom. The lowest BCUT2D eigenvalue weighted by Crippen LogP contribution is -3.28. The Bertz CT molecular complexity index is 821. The van der Waals surface area contributed by atoms with E-state index in [0.29, 0.717) is 28.4 Å². The summed E-state index contributed by atoms with van der Waals surface area (Å²) in [5.41, 5.74) is 1.42. The number of carbonyl (C=O) groups is 2. The Morgan fingerprint density at radius 1 is 1.00 bits per heavy atom. The lowest BCUT2D eigenvalue weighted by Gasteiger charge is -2.28. The third-order valence-electron chi connectivity index (χ3n) is 5.08. The predicted octanol–water partition coefficient (Wildman–Crippen LogP) is -0.715. The molecule has 6 nitrogen and oxygen atoms in total. The molecule has 7 heteroatoms. The number of rotatable bonds is 7. The maximum absolute atomic E-state index is 12.9. The Hall–Kier alpha value is -2.25. The average Bonchev–Trinajstić information content (AvgIpc) is 2.71. The zero-order valence-electron chi connectivity index (χ0n) is 15.7. The van der Waals surface area contributed by atoms with Gasteiger partial charge < -0.3 is 20.2 Å². The van der Waals surface area contributed by atoms with Crippen LogP contribution >= 0.6 is 11.6 Å². The van der Waals surface area contributed by atoms with E-state index in [2.05, 4.69) is 5.32 Å². The van der Waals surface area contributed by atoms with Crippen molar-refractivity contribution < 1.29 is 24.5 Å². The molecule has 1 fully saturated rings. The summed E-state index contributed by atoms with van der Waals surface area (Å²) in [6.07, 6.45) is 0. The Kier molecular flexibility index (Phi) is 7.17. The standard InChI is InChI=1S/C21H24ClN3O3/c22-17-6-7-19(18(14-17)21(28)16-4-2-1-3-5-16)23-20(27)15-25-10-8-24(9-11-25)12-13-26/h1-7,14,26H,8-13,15H2,(H,23,27)/p+2. The monoisotopic (exact) mass is 403 g/mol. The number of aliphatic hydroxyl groups is 1. The Labute approximate surface area is 169 Å². The van der Waals surface area contributed by atoms with Gasteiger partial charge in [-0.25, -0.2) is 0 Å². The molecule has 0 aromatic heterocycles. The fourth-order valence-electron chi connectivity index (χ4n) is 3.52. The first-order valence-corrected chi connectivity index (χ1v) is 9.92. The third-order valence-corrected chi connectivity index (χ3v) is 5.31. The van der Waals surface area contributed by atoms with Gasteiger partial charge in [-0.3, -0.25) is 9.59 Å². The van der Waals surface area contributed by atoms with Gasteiger partial charge in [0.05, 0.1) is 12.3 Å². The number of hydrogen-bond acceptors (Lipinski definition) is 3. The molecule has 0 spiro atoms. The van der Waals surface area contributed by atoms with Gasteiger partial charge in [-0.1, -0.05) is 41.9 Å². The molecule has 1 aliphatic heterocycles. The zero-order chi connectivity index (χ0) is 19.9. The third kappa shape index (κ3) is 5.39. The molecule has 0 atom stereocenters. The molecule has 2 aromatic carbocycles. The molecule has 0 bridgehead atoms. The van der Waals surface area contributed by atoms with Crippen LogP contribution in [0.2, 0.25) is 5.02 Å². The largest absolute Gasteiger partial charge is 0.391 e. The number of carbonyl (C=O) groups excluding carboxylic acids is 2. The van der Waals surface area contributed by atoms with E-state index in [1.807, 2.05) is 6.07 Å². The number of benzene rings is 2. The molecule has 0 unspecified atom stereocenters. The maximum atomic E-state index is 12.9. The van der Waals surface area contributed by atoms with Crippen molar-refractivity contribution in [3.05, 3.63) is 64.7 Å². The van der Waals surface area contributed by atoms with Gasteiger partial charge in [0.2, 0.25) is 0 Å². The molecule has 0 radical (unpaired) electrons. The highest BCUT2D eigenvalue weighted by Crippen LogP contribution is 2.23. The van der Waals surface area contributed by atoms with Crippen molar-refractivity contribution >= 4 is 29.0 Å². The van der Waals surface area contributed by atoms with Gasteiger partial charge in [-0.15, -0.1) is 0 Å². The lowest BCUT2D eigenvalue weighted by atomic mass is 10.0. The van der Waals surface area contributed by atoms with Crippen LogP contribution in [0.4, 0.5) is 5.69 Å². The molecule has 1 amide bonds. The average molecular weight is 404 g/mol. The smallest absolute Gasteiger partial charge is 0.279 e. The van der Waals surface area contributed by atoms with E-state index in [-0.39, 0.29) is 18.3 Å². The topological polar surface area (TPSA) is 75.3 Å². The Balaban J connectivity index is 1.66.